The fourth-order valence-corrected chi connectivity index (χ4v) is 2.23. The van der Waals surface area contributed by atoms with Gasteiger partial charge in [-0.2, -0.15) is 0 Å². The molecule has 106 valence electrons. The van der Waals surface area contributed by atoms with Crippen LogP contribution in [0.1, 0.15) is 30.6 Å². The molecule has 5 heteroatoms. The molecule has 1 heterocycles. The first-order valence-electron chi connectivity index (χ1n) is 6.54. The number of benzene rings is 1. The highest BCUT2D eigenvalue weighted by atomic mass is 16.5. The number of carbonyl (C=O) groups is 2. The third kappa shape index (κ3) is 2.52. The molecule has 0 aliphatic carbocycles. The SMILES string of the molecule is CC/C=C(/C)C(=O)N1CCOc2c(C(=O)O)cccc21. The van der Waals surface area contributed by atoms with Crippen LogP contribution in [0.15, 0.2) is 29.8 Å². The van der Waals surface area contributed by atoms with Crippen LogP contribution >= 0.6 is 0 Å². The van der Waals surface area contributed by atoms with Crippen LogP contribution in [0.3, 0.4) is 0 Å². The minimum absolute atomic E-state index is 0.0807. The standard InChI is InChI=1S/C15H17NO4/c1-3-5-10(2)14(17)16-8-9-20-13-11(15(18)19)6-4-7-12(13)16/h4-7H,3,8-9H2,1-2H3,(H,18,19)/b10-5-. The van der Waals surface area contributed by atoms with Crippen LogP contribution in [0.5, 0.6) is 5.75 Å². The molecule has 0 aromatic heterocycles. The number of aromatic carboxylic acids is 1. The van der Waals surface area contributed by atoms with E-state index >= 15 is 0 Å². The number of allylic oxidation sites excluding steroid dienone is 1. The zero-order valence-corrected chi connectivity index (χ0v) is 11.5. The summed E-state index contributed by atoms with van der Waals surface area (Å²) in [6.07, 6.45) is 2.64. The Morgan fingerprint density at radius 2 is 2.20 bits per heavy atom. The van der Waals surface area contributed by atoms with E-state index in [1.54, 1.807) is 24.0 Å². The van der Waals surface area contributed by atoms with Crippen LogP contribution in [0.4, 0.5) is 5.69 Å². The minimum Gasteiger partial charge on any atom is -0.489 e. The molecular weight excluding hydrogens is 258 g/mol. The van der Waals surface area contributed by atoms with Crippen LogP contribution < -0.4 is 9.64 Å². The molecule has 0 bridgehead atoms. The summed E-state index contributed by atoms with van der Waals surface area (Å²) in [6, 6.07) is 4.80. The van der Waals surface area contributed by atoms with Gasteiger partial charge in [0, 0.05) is 5.57 Å². The molecule has 1 aliphatic rings. The number of rotatable bonds is 3. The second-order valence-corrected chi connectivity index (χ2v) is 4.56. The van der Waals surface area contributed by atoms with Crippen molar-refractivity contribution in [3.05, 3.63) is 35.4 Å². The third-order valence-electron chi connectivity index (χ3n) is 3.17. The normalized spacial score (nSPS) is 14.5. The number of carbonyl (C=O) groups excluding carboxylic acids is 1. The van der Waals surface area contributed by atoms with Gasteiger partial charge in [-0.3, -0.25) is 4.79 Å². The lowest BCUT2D eigenvalue weighted by Gasteiger charge is -2.30. The highest BCUT2D eigenvalue weighted by Gasteiger charge is 2.27. The van der Waals surface area contributed by atoms with Crippen LogP contribution in [0, 0.1) is 0 Å². The number of hydrogen-bond donors (Lipinski definition) is 1. The number of para-hydroxylation sites is 1. The molecule has 0 saturated heterocycles. The number of fused-ring (bicyclic) bond motifs is 1. The van der Waals surface area contributed by atoms with Gasteiger partial charge in [-0.05, 0) is 25.5 Å². The Morgan fingerprint density at radius 1 is 1.45 bits per heavy atom. The summed E-state index contributed by atoms with van der Waals surface area (Å²) in [5, 5.41) is 9.16. The van der Waals surface area contributed by atoms with Gasteiger partial charge in [0.2, 0.25) is 0 Å². The Kier molecular flexibility index (Phi) is 4.08. The Hall–Kier alpha value is -2.30. The molecule has 0 atom stereocenters. The topological polar surface area (TPSA) is 66.8 Å². The van der Waals surface area contributed by atoms with E-state index in [-0.39, 0.29) is 17.2 Å². The van der Waals surface area contributed by atoms with E-state index in [1.807, 2.05) is 13.0 Å². The van der Waals surface area contributed by atoms with Crippen LogP contribution in [0.2, 0.25) is 0 Å². The first-order chi connectivity index (χ1) is 9.56. The smallest absolute Gasteiger partial charge is 0.339 e. The molecule has 0 spiro atoms. The molecule has 0 radical (unpaired) electrons. The molecule has 0 saturated carbocycles. The lowest BCUT2D eigenvalue weighted by atomic mass is 10.1. The molecule has 1 N–H and O–H groups in total. The average Bonchev–Trinajstić information content (AvgIpc) is 2.45. The number of carboxylic acids is 1. The molecule has 0 unspecified atom stereocenters. The van der Waals surface area contributed by atoms with E-state index in [1.165, 1.54) is 6.07 Å². The van der Waals surface area contributed by atoms with Crippen molar-refractivity contribution < 1.29 is 19.4 Å². The second-order valence-electron chi connectivity index (χ2n) is 4.56. The zero-order chi connectivity index (χ0) is 14.7. The maximum absolute atomic E-state index is 12.4. The molecular formula is C15H17NO4. The van der Waals surface area contributed by atoms with Gasteiger partial charge in [-0.15, -0.1) is 0 Å². The number of carboxylic acid groups (broad SMARTS) is 1. The van der Waals surface area contributed by atoms with Gasteiger partial charge < -0.3 is 14.7 Å². The van der Waals surface area contributed by atoms with Gasteiger partial charge in [-0.25, -0.2) is 4.79 Å². The molecule has 0 fully saturated rings. The van der Waals surface area contributed by atoms with Gasteiger partial charge in [0.1, 0.15) is 12.2 Å². The largest absolute Gasteiger partial charge is 0.489 e. The van der Waals surface area contributed by atoms with Crippen molar-refractivity contribution in [3.8, 4) is 5.75 Å². The fourth-order valence-electron chi connectivity index (χ4n) is 2.23. The Balaban J connectivity index is 2.43. The zero-order valence-electron chi connectivity index (χ0n) is 11.5. The van der Waals surface area contributed by atoms with E-state index in [9.17, 15) is 9.59 Å². The summed E-state index contributed by atoms with van der Waals surface area (Å²) in [6.45, 7) is 4.45. The predicted octanol–water partition coefficient (Wildman–Crippen LogP) is 2.47. The molecule has 20 heavy (non-hydrogen) atoms. The quantitative estimate of drug-likeness (QED) is 0.860. The summed E-state index contributed by atoms with van der Waals surface area (Å²) in [5.41, 5.74) is 1.25. The lowest BCUT2D eigenvalue weighted by Crippen LogP contribution is -2.38. The number of nitrogens with zero attached hydrogens (tertiary/aromatic N) is 1. The van der Waals surface area contributed by atoms with E-state index in [0.717, 1.165) is 6.42 Å². The Labute approximate surface area is 117 Å². The summed E-state index contributed by atoms with van der Waals surface area (Å²) in [7, 11) is 0. The molecule has 1 aromatic carbocycles. The Bertz CT molecular complexity index is 577. The van der Waals surface area contributed by atoms with Crippen LogP contribution in [-0.2, 0) is 4.79 Å². The highest BCUT2D eigenvalue weighted by molar-refractivity contribution is 6.07. The molecule has 1 aromatic rings. The van der Waals surface area contributed by atoms with Crippen LogP contribution in [0.25, 0.3) is 0 Å². The lowest BCUT2D eigenvalue weighted by molar-refractivity contribution is -0.115. The van der Waals surface area contributed by atoms with Crippen LogP contribution in [-0.4, -0.2) is 30.1 Å². The monoisotopic (exact) mass is 275 g/mol. The fraction of sp³-hybridized carbons (Fsp3) is 0.333. The number of ether oxygens (including phenoxy) is 1. The van der Waals surface area contributed by atoms with E-state index in [4.69, 9.17) is 9.84 Å². The highest BCUT2D eigenvalue weighted by Crippen LogP contribution is 2.35. The van der Waals surface area contributed by atoms with Crippen molar-refractivity contribution in [1.82, 2.24) is 0 Å². The summed E-state index contributed by atoms with van der Waals surface area (Å²) < 4.78 is 5.44. The minimum atomic E-state index is -1.06. The third-order valence-corrected chi connectivity index (χ3v) is 3.17. The second kappa shape index (κ2) is 5.77. The van der Waals surface area contributed by atoms with Gasteiger partial charge >= 0.3 is 5.97 Å². The number of anilines is 1. The van der Waals surface area contributed by atoms with Crippen molar-refractivity contribution in [3.63, 3.8) is 0 Å². The van der Waals surface area contributed by atoms with E-state index in [0.29, 0.717) is 24.4 Å². The molecule has 2 rings (SSSR count). The maximum Gasteiger partial charge on any atom is 0.339 e. The molecule has 1 aliphatic heterocycles. The summed E-state index contributed by atoms with van der Waals surface area (Å²) in [5.74, 6) is -0.903. The first kappa shape index (κ1) is 14.1. The van der Waals surface area contributed by atoms with Crippen molar-refractivity contribution in [2.24, 2.45) is 0 Å². The summed E-state index contributed by atoms with van der Waals surface area (Å²) >= 11 is 0. The number of amides is 1. The van der Waals surface area contributed by atoms with Crippen molar-refractivity contribution >= 4 is 17.6 Å². The van der Waals surface area contributed by atoms with Crippen molar-refractivity contribution in [1.29, 1.82) is 0 Å². The van der Waals surface area contributed by atoms with Gasteiger partial charge in [0.15, 0.2) is 5.75 Å². The van der Waals surface area contributed by atoms with Gasteiger partial charge in [-0.1, -0.05) is 19.1 Å². The van der Waals surface area contributed by atoms with E-state index in [2.05, 4.69) is 0 Å². The first-order valence-corrected chi connectivity index (χ1v) is 6.54. The molecule has 5 nitrogen and oxygen atoms in total. The molecule has 1 amide bonds. The maximum atomic E-state index is 12.4. The van der Waals surface area contributed by atoms with E-state index < -0.39 is 5.97 Å². The average molecular weight is 275 g/mol. The van der Waals surface area contributed by atoms with Crippen molar-refractivity contribution in [2.45, 2.75) is 20.3 Å². The van der Waals surface area contributed by atoms with Crippen molar-refractivity contribution in [2.75, 3.05) is 18.1 Å². The Morgan fingerprint density at radius 3 is 2.85 bits per heavy atom. The van der Waals surface area contributed by atoms with Gasteiger partial charge in [0.25, 0.3) is 5.91 Å². The van der Waals surface area contributed by atoms with Gasteiger partial charge in [0.05, 0.1) is 12.2 Å². The number of hydrogen-bond acceptors (Lipinski definition) is 3. The summed E-state index contributed by atoms with van der Waals surface area (Å²) in [4.78, 5) is 25.2. The predicted molar refractivity (Wildman–Crippen MR) is 75.3 cm³/mol.